The largest absolute Gasteiger partial charge is 0.243 e. The van der Waals surface area contributed by atoms with Crippen LogP contribution in [-0.4, -0.2) is 29.6 Å². The molecule has 2 aliphatic heterocycles. The van der Waals surface area contributed by atoms with Crippen molar-refractivity contribution in [3.05, 3.63) is 29.3 Å². The minimum absolute atomic E-state index is 0.186. The molecule has 0 radical (unpaired) electrons. The summed E-state index contributed by atoms with van der Waals surface area (Å²) >= 11 is 3.68. The summed E-state index contributed by atoms with van der Waals surface area (Å²) in [4.78, 5) is 0.981. The van der Waals surface area contributed by atoms with E-state index in [1.165, 1.54) is 11.1 Å². The van der Waals surface area contributed by atoms with Crippen molar-refractivity contribution in [1.82, 2.24) is 4.31 Å². The molecule has 2 atom stereocenters. The molecule has 1 aliphatic carbocycles. The molecule has 0 spiro atoms. The van der Waals surface area contributed by atoms with Gasteiger partial charge in [-0.05, 0) is 68.2 Å². The van der Waals surface area contributed by atoms with Gasteiger partial charge in [0.05, 0.1) is 4.90 Å². The van der Waals surface area contributed by atoms with Crippen LogP contribution in [0.3, 0.4) is 0 Å². The molecule has 1 aromatic rings. The van der Waals surface area contributed by atoms with Gasteiger partial charge in [-0.15, -0.1) is 0 Å². The highest BCUT2D eigenvalue weighted by molar-refractivity contribution is 9.09. The maximum absolute atomic E-state index is 13.1. The first kappa shape index (κ1) is 14.2. The van der Waals surface area contributed by atoms with E-state index in [-0.39, 0.29) is 12.1 Å². The molecule has 2 fully saturated rings. The van der Waals surface area contributed by atoms with Gasteiger partial charge in [0.25, 0.3) is 0 Å². The molecule has 5 heteroatoms. The second-order valence-electron chi connectivity index (χ2n) is 6.57. The van der Waals surface area contributed by atoms with E-state index in [1.54, 1.807) is 0 Å². The number of nitrogens with zero attached hydrogens (tertiary/aromatic N) is 1. The predicted octanol–water partition coefficient (Wildman–Crippen LogP) is 3.25. The van der Waals surface area contributed by atoms with E-state index in [9.17, 15) is 8.42 Å². The lowest BCUT2D eigenvalue weighted by molar-refractivity contribution is 0.255. The summed E-state index contributed by atoms with van der Waals surface area (Å²) in [5.41, 5.74) is 2.56. The molecule has 1 aromatic carbocycles. The van der Waals surface area contributed by atoms with Gasteiger partial charge in [0.1, 0.15) is 0 Å². The van der Waals surface area contributed by atoms with Gasteiger partial charge in [-0.1, -0.05) is 22.0 Å². The molecule has 4 rings (SSSR count). The molecule has 0 saturated carbocycles. The number of benzene rings is 1. The molecule has 0 amide bonds. The van der Waals surface area contributed by atoms with Crippen LogP contribution in [0.4, 0.5) is 0 Å². The van der Waals surface area contributed by atoms with Crippen molar-refractivity contribution in [2.24, 2.45) is 0 Å². The van der Waals surface area contributed by atoms with Crippen LogP contribution < -0.4 is 0 Å². The average Bonchev–Trinajstić information content (AvgIpc) is 3.01. The summed E-state index contributed by atoms with van der Waals surface area (Å²) in [7, 11) is -3.33. The van der Waals surface area contributed by atoms with Crippen molar-refractivity contribution in [3.63, 3.8) is 0 Å². The summed E-state index contributed by atoms with van der Waals surface area (Å²) in [6, 6.07) is 6.14. The van der Waals surface area contributed by atoms with Crippen LogP contribution in [0.5, 0.6) is 0 Å². The summed E-state index contributed by atoms with van der Waals surface area (Å²) in [5, 5.41) is 0. The van der Waals surface area contributed by atoms with Crippen molar-refractivity contribution in [1.29, 1.82) is 0 Å². The lowest BCUT2D eigenvalue weighted by Gasteiger charge is -2.36. The lowest BCUT2D eigenvalue weighted by Crippen LogP contribution is -2.46. The van der Waals surface area contributed by atoms with E-state index in [1.807, 2.05) is 22.5 Å². The summed E-state index contributed by atoms with van der Waals surface area (Å²) in [5.74, 6) is 0. The zero-order valence-corrected chi connectivity index (χ0v) is 14.4. The standard InChI is InChI=1S/C16H20BrNO2S/c17-13-9-14-5-6-15(10-13)18(14)21(19,20)16-7-4-11-2-1-3-12(11)8-16/h4,7-8,13-15H,1-3,5-6,9-10H2. The third-order valence-corrected chi connectivity index (χ3v) is 8.00. The molecule has 21 heavy (non-hydrogen) atoms. The highest BCUT2D eigenvalue weighted by Crippen LogP contribution is 2.42. The van der Waals surface area contributed by atoms with Crippen molar-refractivity contribution < 1.29 is 8.42 Å². The fraction of sp³-hybridized carbons (Fsp3) is 0.625. The third kappa shape index (κ3) is 2.28. The highest BCUT2D eigenvalue weighted by atomic mass is 79.9. The predicted molar refractivity (Wildman–Crippen MR) is 86.3 cm³/mol. The number of rotatable bonds is 2. The second-order valence-corrected chi connectivity index (χ2v) is 9.71. The first-order chi connectivity index (χ1) is 10.1. The molecular formula is C16H20BrNO2S. The number of sulfonamides is 1. The average molecular weight is 370 g/mol. The van der Waals surface area contributed by atoms with Crippen LogP contribution in [0, 0.1) is 0 Å². The molecule has 0 aromatic heterocycles. The Morgan fingerprint density at radius 3 is 2.43 bits per heavy atom. The monoisotopic (exact) mass is 369 g/mol. The quantitative estimate of drug-likeness (QED) is 0.750. The number of hydrogen-bond acceptors (Lipinski definition) is 2. The topological polar surface area (TPSA) is 37.4 Å². The smallest absolute Gasteiger partial charge is 0.207 e. The summed E-state index contributed by atoms with van der Waals surface area (Å²) < 4.78 is 28.0. The fourth-order valence-corrected chi connectivity index (χ4v) is 7.10. The summed E-state index contributed by atoms with van der Waals surface area (Å²) in [6.07, 6.45) is 7.18. The number of alkyl halides is 1. The number of piperidine rings is 1. The number of halogens is 1. The van der Waals surface area contributed by atoms with E-state index in [0.29, 0.717) is 9.72 Å². The zero-order valence-electron chi connectivity index (χ0n) is 12.0. The number of fused-ring (bicyclic) bond motifs is 3. The lowest BCUT2D eigenvalue weighted by atomic mass is 10.1. The molecule has 2 bridgehead atoms. The normalized spacial score (nSPS) is 32.3. The van der Waals surface area contributed by atoms with Gasteiger partial charge in [0, 0.05) is 16.9 Å². The van der Waals surface area contributed by atoms with Crippen LogP contribution in [-0.2, 0) is 22.9 Å². The molecule has 2 unspecified atom stereocenters. The van der Waals surface area contributed by atoms with E-state index in [0.717, 1.165) is 44.9 Å². The van der Waals surface area contributed by atoms with Gasteiger partial charge >= 0.3 is 0 Å². The molecule has 2 heterocycles. The van der Waals surface area contributed by atoms with Gasteiger partial charge in [0.2, 0.25) is 10.0 Å². The number of hydrogen-bond donors (Lipinski definition) is 0. The first-order valence-corrected chi connectivity index (χ1v) is 10.2. The Morgan fingerprint density at radius 1 is 1.05 bits per heavy atom. The third-order valence-electron chi connectivity index (χ3n) is 5.25. The van der Waals surface area contributed by atoms with Crippen molar-refractivity contribution in [2.75, 3.05) is 0 Å². The van der Waals surface area contributed by atoms with Gasteiger partial charge in [0.15, 0.2) is 0 Å². The van der Waals surface area contributed by atoms with E-state index < -0.39 is 10.0 Å². The minimum Gasteiger partial charge on any atom is -0.207 e. The Morgan fingerprint density at radius 2 is 1.71 bits per heavy atom. The molecule has 3 nitrogen and oxygen atoms in total. The Kier molecular flexibility index (Phi) is 3.43. The van der Waals surface area contributed by atoms with Gasteiger partial charge in [-0.3, -0.25) is 0 Å². The van der Waals surface area contributed by atoms with Crippen LogP contribution in [0.2, 0.25) is 0 Å². The molecule has 0 N–H and O–H groups in total. The maximum atomic E-state index is 13.1. The summed E-state index contributed by atoms with van der Waals surface area (Å²) in [6.45, 7) is 0. The van der Waals surface area contributed by atoms with Crippen LogP contribution in [0.15, 0.2) is 23.1 Å². The SMILES string of the molecule is O=S(=O)(c1ccc2c(c1)CCC2)N1C2CCC1CC(Br)C2. The fourth-order valence-electron chi connectivity index (χ4n) is 4.29. The second kappa shape index (κ2) is 5.07. The Hall–Kier alpha value is -0.390. The minimum atomic E-state index is -3.33. The van der Waals surface area contributed by atoms with Crippen LogP contribution in [0.25, 0.3) is 0 Å². The molecule has 2 saturated heterocycles. The van der Waals surface area contributed by atoms with Gasteiger partial charge in [-0.2, -0.15) is 4.31 Å². The highest BCUT2D eigenvalue weighted by Gasteiger charge is 2.46. The van der Waals surface area contributed by atoms with Crippen LogP contribution >= 0.6 is 15.9 Å². The zero-order chi connectivity index (χ0) is 14.6. The van der Waals surface area contributed by atoms with Crippen molar-refractivity contribution >= 4 is 26.0 Å². The van der Waals surface area contributed by atoms with E-state index >= 15 is 0 Å². The Balaban J connectivity index is 1.71. The first-order valence-electron chi connectivity index (χ1n) is 7.85. The molecule has 114 valence electrons. The Labute approximate surface area is 134 Å². The molecule has 3 aliphatic rings. The maximum Gasteiger partial charge on any atom is 0.243 e. The van der Waals surface area contributed by atoms with Gasteiger partial charge in [-0.25, -0.2) is 8.42 Å². The Bertz CT molecular complexity index is 659. The van der Waals surface area contributed by atoms with Crippen LogP contribution in [0.1, 0.15) is 43.2 Å². The molecular weight excluding hydrogens is 350 g/mol. The van der Waals surface area contributed by atoms with E-state index in [2.05, 4.69) is 15.9 Å². The van der Waals surface area contributed by atoms with Crippen molar-refractivity contribution in [3.8, 4) is 0 Å². The number of aryl methyl sites for hydroxylation is 2. The van der Waals surface area contributed by atoms with Crippen molar-refractivity contribution in [2.45, 2.75) is 66.8 Å². The van der Waals surface area contributed by atoms with E-state index in [4.69, 9.17) is 0 Å². The van der Waals surface area contributed by atoms with Gasteiger partial charge < -0.3 is 0 Å².